The molecule has 1 heterocycles. The summed E-state index contributed by atoms with van der Waals surface area (Å²) >= 11 is 4.14. The van der Waals surface area contributed by atoms with Gasteiger partial charge in [0.2, 0.25) is 0 Å². The van der Waals surface area contributed by atoms with Gasteiger partial charge in [-0.3, -0.25) is 4.98 Å². The summed E-state index contributed by atoms with van der Waals surface area (Å²) in [7, 11) is 0. The molecule has 62 valence electrons. The fourth-order valence-electron chi connectivity index (χ4n) is 0.773. The molecule has 0 spiro atoms. The molecule has 0 aromatic carbocycles. The van der Waals surface area contributed by atoms with Crippen molar-refractivity contribution < 1.29 is 0 Å². The van der Waals surface area contributed by atoms with E-state index in [0.717, 1.165) is 10.5 Å². The average molecular weight is 177 g/mol. The second kappa shape index (κ2) is 4.78. The zero-order valence-corrected chi connectivity index (χ0v) is 7.83. The highest BCUT2D eigenvalue weighted by Gasteiger charge is 1.80. The molecule has 1 nitrogen and oxygen atoms in total. The second-order valence-electron chi connectivity index (χ2n) is 2.45. The Morgan fingerprint density at radius 2 is 2.08 bits per heavy atom. The van der Waals surface area contributed by atoms with E-state index < -0.39 is 0 Å². The number of pyridine rings is 1. The van der Waals surface area contributed by atoms with E-state index in [1.165, 1.54) is 0 Å². The Balaban J connectivity index is 2.64. The maximum Gasteiger partial charge on any atom is 0.0273 e. The van der Waals surface area contributed by atoms with Crippen LogP contribution in [0, 0.1) is 0 Å². The number of nitrogens with zero attached hydrogens (tertiary/aromatic N) is 1. The molecule has 1 aromatic rings. The van der Waals surface area contributed by atoms with E-state index in [2.05, 4.69) is 17.6 Å². The van der Waals surface area contributed by atoms with Crippen LogP contribution < -0.4 is 0 Å². The Hall–Kier alpha value is -1.02. The lowest BCUT2D eigenvalue weighted by Gasteiger charge is -1.88. The third kappa shape index (κ3) is 3.39. The van der Waals surface area contributed by atoms with Gasteiger partial charge in [-0.15, -0.1) is 12.6 Å². The van der Waals surface area contributed by atoms with Crippen LogP contribution in [0.25, 0.3) is 6.08 Å². The minimum atomic E-state index is 1.00. The maximum absolute atomic E-state index is 4.14. The van der Waals surface area contributed by atoms with E-state index in [9.17, 15) is 0 Å². The molecule has 0 unspecified atom stereocenters. The van der Waals surface area contributed by atoms with Gasteiger partial charge in [0, 0.05) is 12.4 Å². The summed E-state index contributed by atoms with van der Waals surface area (Å²) in [5.41, 5.74) is 1.15. The first kappa shape index (κ1) is 9.07. The molecule has 1 rings (SSSR count). The first-order chi connectivity index (χ1) is 5.79. The Morgan fingerprint density at radius 1 is 1.42 bits per heavy atom. The summed E-state index contributed by atoms with van der Waals surface area (Å²) in [6.45, 7) is 1.94. The van der Waals surface area contributed by atoms with Crippen LogP contribution in [0.5, 0.6) is 0 Å². The van der Waals surface area contributed by atoms with Crippen molar-refractivity contribution in [3.05, 3.63) is 47.1 Å². The predicted octanol–water partition coefficient (Wildman–Crippen LogP) is 2.93. The molecule has 0 saturated carbocycles. The van der Waals surface area contributed by atoms with E-state index in [1.807, 2.05) is 37.3 Å². The summed E-state index contributed by atoms with van der Waals surface area (Å²) in [5, 5.41) is 0. The number of hydrogen-bond acceptors (Lipinski definition) is 2. The molecule has 0 fully saturated rings. The zero-order valence-electron chi connectivity index (χ0n) is 6.94. The SMILES string of the molecule is C/C(S)=C/C=C/c1ccncc1. The van der Waals surface area contributed by atoms with Crippen LogP contribution in [0.15, 0.2) is 41.6 Å². The van der Waals surface area contributed by atoms with Crippen LogP contribution in [-0.2, 0) is 0 Å². The van der Waals surface area contributed by atoms with Crippen molar-refractivity contribution >= 4 is 18.7 Å². The molecular weight excluding hydrogens is 166 g/mol. The average Bonchev–Trinajstić information content (AvgIpc) is 2.05. The Labute approximate surface area is 78.3 Å². The van der Waals surface area contributed by atoms with Crippen molar-refractivity contribution in [3.8, 4) is 0 Å². The van der Waals surface area contributed by atoms with Crippen molar-refractivity contribution in [2.24, 2.45) is 0 Å². The monoisotopic (exact) mass is 177 g/mol. The van der Waals surface area contributed by atoms with Crippen LogP contribution in [0.3, 0.4) is 0 Å². The zero-order chi connectivity index (χ0) is 8.81. The van der Waals surface area contributed by atoms with Crippen molar-refractivity contribution in [3.63, 3.8) is 0 Å². The van der Waals surface area contributed by atoms with Crippen molar-refractivity contribution in [2.75, 3.05) is 0 Å². The van der Waals surface area contributed by atoms with E-state index in [1.54, 1.807) is 12.4 Å². The lowest BCUT2D eigenvalue weighted by atomic mass is 10.2. The fraction of sp³-hybridized carbons (Fsp3) is 0.100. The minimum absolute atomic E-state index is 1.00. The normalized spacial score (nSPS) is 12.3. The van der Waals surface area contributed by atoms with Gasteiger partial charge in [-0.1, -0.05) is 18.2 Å². The number of aromatic nitrogens is 1. The molecule has 0 N–H and O–H groups in total. The first-order valence-electron chi connectivity index (χ1n) is 3.73. The third-order valence-electron chi connectivity index (χ3n) is 1.33. The van der Waals surface area contributed by atoms with Crippen molar-refractivity contribution in [1.29, 1.82) is 0 Å². The number of thiol groups is 1. The molecule has 1 aromatic heterocycles. The van der Waals surface area contributed by atoms with Gasteiger partial charge in [0.15, 0.2) is 0 Å². The highest BCUT2D eigenvalue weighted by Crippen LogP contribution is 2.02. The van der Waals surface area contributed by atoms with Gasteiger partial charge in [-0.25, -0.2) is 0 Å². The van der Waals surface area contributed by atoms with Gasteiger partial charge in [0.25, 0.3) is 0 Å². The molecule has 2 heteroatoms. The lowest BCUT2D eigenvalue weighted by molar-refractivity contribution is 1.32. The third-order valence-corrected chi connectivity index (χ3v) is 1.48. The highest BCUT2D eigenvalue weighted by atomic mass is 32.1. The Kier molecular flexibility index (Phi) is 3.61. The molecule has 0 aliphatic rings. The van der Waals surface area contributed by atoms with E-state index >= 15 is 0 Å². The highest BCUT2D eigenvalue weighted by molar-refractivity contribution is 7.84. The predicted molar refractivity (Wildman–Crippen MR) is 56.0 cm³/mol. The van der Waals surface area contributed by atoms with E-state index in [0.29, 0.717) is 0 Å². The quantitative estimate of drug-likeness (QED) is 0.541. The lowest BCUT2D eigenvalue weighted by Crippen LogP contribution is -1.71. The second-order valence-corrected chi connectivity index (χ2v) is 3.15. The molecule has 0 saturated heterocycles. The summed E-state index contributed by atoms with van der Waals surface area (Å²) < 4.78 is 0. The first-order valence-corrected chi connectivity index (χ1v) is 4.18. The summed E-state index contributed by atoms with van der Waals surface area (Å²) in [6.07, 6.45) is 9.48. The van der Waals surface area contributed by atoms with E-state index in [4.69, 9.17) is 0 Å². The van der Waals surface area contributed by atoms with E-state index in [-0.39, 0.29) is 0 Å². The summed E-state index contributed by atoms with van der Waals surface area (Å²) in [5.74, 6) is 0. The molecule has 0 radical (unpaired) electrons. The Morgan fingerprint density at radius 3 is 2.67 bits per heavy atom. The van der Waals surface area contributed by atoms with Gasteiger partial charge in [0.05, 0.1) is 0 Å². The summed E-state index contributed by atoms with van der Waals surface area (Å²) in [6, 6.07) is 3.91. The van der Waals surface area contributed by atoms with Gasteiger partial charge in [-0.05, 0) is 29.5 Å². The number of hydrogen-bond donors (Lipinski definition) is 1. The molecule has 12 heavy (non-hydrogen) atoms. The Bertz CT molecular complexity index is 284. The topological polar surface area (TPSA) is 12.9 Å². The molecular formula is C10H11NS. The number of rotatable bonds is 2. The molecule has 0 atom stereocenters. The van der Waals surface area contributed by atoms with Gasteiger partial charge in [0.1, 0.15) is 0 Å². The van der Waals surface area contributed by atoms with Crippen molar-refractivity contribution in [2.45, 2.75) is 6.92 Å². The standard InChI is InChI=1S/C10H11NS/c1-9(12)3-2-4-10-5-7-11-8-6-10/h2-8,12H,1H3/b4-2+,9-3-. The van der Waals surface area contributed by atoms with Gasteiger partial charge >= 0.3 is 0 Å². The van der Waals surface area contributed by atoms with Crippen LogP contribution in [0.2, 0.25) is 0 Å². The van der Waals surface area contributed by atoms with Crippen molar-refractivity contribution in [1.82, 2.24) is 4.98 Å². The van der Waals surface area contributed by atoms with Gasteiger partial charge in [-0.2, -0.15) is 0 Å². The van der Waals surface area contributed by atoms with Crippen LogP contribution >= 0.6 is 12.6 Å². The van der Waals surface area contributed by atoms with Gasteiger partial charge < -0.3 is 0 Å². The van der Waals surface area contributed by atoms with Crippen LogP contribution in [0.4, 0.5) is 0 Å². The van der Waals surface area contributed by atoms with Crippen LogP contribution in [0.1, 0.15) is 12.5 Å². The smallest absolute Gasteiger partial charge is 0.0273 e. The summed E-state index contributed by atoms with van der Waals surface area (Å²) in [4.78, 5) is 4.92. The molecule has 0 amide bonds. The van der Waals surface area contributed by atoms with Crippen LogP contribution in [-0.4, -0.2) is 4.98 Å². The largest absolute Gasteiger partial charge is 0.265 e. The molecule has 0 bridgehead atoms. The minimum Gasteiger partial charge on any atom is -0.265 e. The molecule has 0 aliphatic heterocycles. The fourth-order valence-corrected chi connectivity index (χ4v) is 0.859. The molecule has 0 aliphatic carbocycles. The number of allylic oxidation sites excluding steroid dienone is 3. The maximum atomic E-state index is 4.14.